The summed E-state index contributed by atoms with van der Waals surface area (Å²) in [5.41, 5.74) is 13.8. The van der Waals surface area contributed by atoms with Crippen LogP contribution >= 0.6 is 0 Å². The van der Waals surface area contributed by atoms with Gasteiger partial charge in [-0.2, -0.15) is 15.8 Å². The molecule has 62 heavy (non-hydrogen) atoms. The van der Waals surface area contributed by atoms with Crippen molar-refractivity contribution in [3.05, 3.63) is 205 Å². The normalized spacial score (nSPS) is 11.2. The van der Waals surface area contributed by atoms with E-state index in [1.54, 1.807) is 24.3 Å². The Balaban J connectivity index is 0.975. The number of hydrogen-bond donors (Lipinski definition) is 0. The lowest BCUT2D eigenvalue weighted by Crippen LogP contribution is -1.97. The van der Waals surface area contributed by atoms with Crippen LogP contribution in [0.4, 0.5) is 0 Å². The molecular weight excluding hydrogens is 759 g/mol. The molecule has 0 amide bonds. The van der Waals surface area contributed by atoms with Gasteiger partial charge in [0.1, 0.15) is 0 Å². The minimum atomic E-state index is 0.519. The van der Waals surface area contributed by atoms with E-state index < -0.39 is 0 Å². The number of nitrogens with zero attached hydrogens (tertiary/aromatic N) is 7. The van der Waals surface area contributed by atoms with Gasteiger partial charge < -0.3 is 9.13 Å². The van der Waals surface area contributed by atoms with Crippen molar-refractivity contribution >= 4 is 43.6 Å². The zero-order valence-electron chi connectivity index (χ0n) is 33.0. The molecule has 286 valence electrons. The van der Waals surface area contributed by atoms with Gasteiger partial charge in [0.15, 0.2) is 5.82 Å². The van der Waals surface area contributed by atoms with Crippen LogP contribution in [0, 0.1) is 34.0 Å². The highest BCUT2D eigenvalue weighted by atomic mass is 15.0. The molecule has 0 aliphatic rings. The van der Waals surface area contributed by atoms with Gasteiger partial charge in [-0.3, -0.25) is 0 Å². The lowest BCUT2D eigenvalue weighted by atomic mass is 9.97. The van der Waals surface area contributed by atoms with E-state index in [1.807, 2.05) is 66.7 Å². The van der Waals surface area contributed by atoms with Gasteiger partial charge in [-0.05, 0) is 102 Å². The van der Waals surface area contributed by atoms with Crippen molar-refractivity contribution in [1.82, 2.24) is 19.1 Å². The molecule has 3 aromatic heterocycles. The van der Waals surface area contributed by atoms with Crippen LogP contribution in [-0.2, 0) is 0 Å². The molecule has 8 aromatic carbocycles. The van der Waals surface area contributed by atoms with Crippen LogP contribution in [0.5, 0.6) is 0 Å². The number of fused-ring (bicyclic) bond motifs is 6. The Morgan fingerprint density at radius 2 is 0.790 bits per heavy atom. The van der Waals surface area contributed by atoms with E-state index in [0.717, 1.165) is 72.0 Å². The molecule has 0 N–H and O–H groups in total. The number of aromatic nitrogens is 4. The fraction of sp³-hybridized carbons (Fsp3) is 0. The molecule has 0 radical (unpaired) electrons. The van der Waals surface area contributed by atoms with Gasteiger partial charge in [0.05, 0.1) is 68.4 Å². The maximum absolute atomic E-state index is 10.6. The molecule has 0 spiro atoms. The van der Waals surface area contributed by atoms with Crippen molar-refractivity contribution in [3.63, 3.8) is 0 Å². The molecule has 0 saturated carbocycles. The van der Waals surface area contributed by atoms with Crippen LogP contribution < -0.4 is 0 Å². The summed E-state index contributed by atoms with van der Waals surface area (Å²) in [6.07, 6.45) is 0. The summed E-state index contributed by atoms with van der Waals surface area (Å²) >= 11 is 0. The van der Waals surface area contributed by atoms with E-state index in [2.05, 4.69) is 124 Å². The second kappa shape index (κ2) is 14.6. The maximum atomic E-state index is 10.6. The van der Waals surface area contributed by atoms with Crippen molar-refractivity contribution in [2.45, 2.75) is 0 Å². The van der Waals surface area contributed by atoms with Crippen molar-refractivity contribution in [2.24, 2.45) is 0 Å². The van der Waals surface area contributed by atoms with Gasteiger partial charge in [0.25, 0.3) is 0 Å². The molecule has 0 aliphatic heterocycles. The van der Waals surface area contributed by atoms with Crippen LogP contribution in [-0.4, -0.2) is 19.1 Å². The zero-order valence-corrected chi connectivity index (χ0v) is 33.0. The summed E-state index contributed by atoms with van der Waals surface area (Å²) in [7, 11) is 0. The molecular formula is C55H31N7. The zero-order chi connectivity index (χ0) is 41.7. The summed E-state index contributed by atoms with van der Waals surface area (Å²) in [5, 5.41) is 34.0. The van der Waals surface area contributed by atoms with Crippen molar-refractivity contribution < 1.29 is 0 Å². The van der Waals surface area contributed by atoms with Crippen molar-refractivity contribution in [3.8, 4) is 74.6 Å². The number of para-hydroxylation sites is 3. The minimum Gasteiger partial charge on any atom is -0.309 e. The monoisotopic (exact) mass is 789 g/mol. The van der Waals surface area contributed by atoms with Gasteiger partial charge in [-0.1, -0.05) is 97.1 Å². The molecule has 0 atom stereocenters. The molecule has 0 aliphatic carbocycles. The van der Waals surface area contributed by atoms with Crippen molar-refractivity contribution in [1.29, 1.82) is 15.8 Å². The summed E-state index contributed by atoms with van der Waals surface area (Å²) in [5.74, 6) is 0.519. The minimum absolute atomic E-state index is 0.519. The summed E-state index contributed by atoms with van der Waals surface area (Å²) in [6.45, 7) is 0. The number of rotatable bonds is 6. The molecule has 0 unspecified atom stereocenters. The van der Waals surface area contributed by atoms with Gasteiger partial charge in [-0.15, -0.1) is 0 Å². The number of benzene rings is 8. The Morgan fingerprint density at radius 3 is 1.32 bits per heavy atom. The van der Waals surface area contributed by atoms with Crippen LogP contribution in [0.25, 0.3) is 100 Å². The van der Waals surface area contributed by atoms with Crippen LogP contribution in [0.1, 0.15) is 16.7 Å². The maximum Gasteiger partial charge on any atom is 0.160 e. The van der Waals surface area contributed by atoms with E-state index in [-0.39, 0.29) is 0 Å². The second-order valence-electron chi connectivity index (χ2n) is 15.2. The standard InChI is InChI=1S/C55H31N7/c56-32-35-13-17-38(18-14-35)49-31-50(60-55(59-49)40-19-15-36(33-57)16-20-40)39-23-21-37(22-24-39)44-27-25-42(29-41(44)34-58)61-53-12-6-3-9-47(53)48-30-43(26-28-54(48)61)62-51-10-4-1-7-45(51)46-8-2-5-11-52(46)62/h1-31H. The molecule has 0 fully saturated rings. The molecule has 7 nitrogen and oxygen atoms in total. The average molecular weight is 790 g/mol. The second-order valence-corrected chi connectivity index (χ2v) is 15.2. The van der Waals surface area contributed by atoms with Crippen LogP contribution in [0.3, 0.4) is 0 Å². The highest BCUT2D eigenvalue weighted by Crippen LogP contribution is 2.38. The Morgan fingerprint density at radius 1 is 0.355 bits per heavy atom. The third-order valence-corrected chi connectivity index (χ3v) is 11.7. The molecule has 3 heterocycles. The van der Waals surface area contributed by atoms with Gasteiger partial charge >= 0.3 is 0 Å². The van der Waals surface area contributed by atoms with Crippen LogP contribution in [0.2, 0.25) is 0 Å². The summed E-state index contributed by atoms with van der Waals surface area (Å²) < 4.78 is 4.59. The van der Waals surface area contributed by atoms with Gasteiger partial charge in [-0.25, -0.2) is 9.97 Å². The fourth-order valence-electron chi connectivity index (χ4n) is 8.70. The van der Waals surface area contributed by atoms with Gasteiger partial charge in [0.2, 0.25) is 0 Å². The smallest absolute Gasteiger partial charge is 0.160 e. The summed E-state index contributed by atoms with van der Waals surface area (Å²) in [6, 6.07) is 69.7. The SMILES string of the molecule is N#Cc1ccc(-c2cc(-c3ccc(-c4ccc(-n5c6ccccc6c6cc(-n7c8ccccc8c8ccccc87)ccc65)cc4C#N)cc3)nc(-c3ccc(C#N)cc3)n2)cc1. The molecule has 11 aromatic rings. The van der Waals surface area contributed by atoms with E-state index >= 15 is 0 Å². The summed E-state index contributed by atoms with van der Waals surface area (Å²) in [4.78, 5) is 9.85. The first-order valence-corrected chi connectivity index (χ1v) is 20.2. The highest BCUT2D eigenvalue weighted by Gasteiger charge is 2.18. The fourth-order valence-corrected chi connectivity index (χ4v) is 8.70. The first kappa shape index (κ1) is 36.0. The third kappa shape index (κ3) is 5.96. The Hall–Kier alpha value is -9.09. The predicted molar refractivity (Wildman–Crippen MR) is 247 cm³/mol. The molecule has 0 bridgehead atoms. The lowest BCUT2D eigenvalue weighted by Gasteiger charge is -2.13. The molecule has 0 saturated heterocycles. The van der Waals surface area contributed by atoms with Crippen LogP contribution in [0.15, 0.2) is 188 Å². The van der Waals surface area contributed by atoms with Crippen molar-refractivity contribution in [2.75, 3.05) is 0 Å². The predicted octanol–water partition coefficient (Wildman–Crippen LogP) is 13.0. The first-order valence-electron chi connectivity index (χ1n) is 20.2. The average Bonchev–Trinajstić information content (AvgIpc) is 3.86. The van der Waals surface area contributed by atoms with Gasteiger partial charge in [0, 0.05) is 49.6 Å². The molecule has 11 rings (SSSR count). The van der Waals surface area contributed by atoms with E-state index in [1.165, 1.54) is 10.8 Å². The van der Waals surface area contributed by atoms with E-state index in [4.69, 9.17) is 9.97 Å². The third-order valence-electron chi connectivity index (χ3n) is 11.7. The molecule has 7 heteroatoms. The Kier molecular flexibility index (Phi) is 8.50. The highest BCUT2D eigenvalue weighted by molar-refractivity contribution is 6.12. The largest absolute Gasteiger partial charge is 0.309 e. The number of nitriles is 3. The number of hydrogen-bond acceptors (Lipinski definition) is 5. The first-order chi connectivity index (χ1) is 30.6. The Bertz CT molecular complexity index is 3570. The van der Waals surface area contributed by atoms with E-state index in [0.29, 0.717) is 33.9 Å². The quantitative estimate of drug-likeness (QED) is 0.167. The van der Waals surface area contributed by atoms with E-state index in [9.17, 15) is 15.8 Å². The Labute approximate surface area is 356 Å². The topological polar surface area (TPSA) is 107 Å². The lowest BCUT2D eigenvalue weighted by molar-refractivity contribution is 1.16.